The fraction of sp³-hybridized carbons (Fsp3) is 0.786. The number of carbonyl (C=O) groups is 3. The maximum Gasteiger partial charge on any atom is 0.321 e. The Balaban J connectivity index is 2.30. The van der Waals surface area contributed by atoms with Crippen molar-refractivity contribution in [2.45, 2.75) is 58.4 Å². The van der Waals surface area contributed by atoms with Crippen molar-refractivity contribution in [3.05, 3.63) is 0 Å². The summed E-state index contributed by atoms with van der Waals surface area (Å²) in [6.07, 6.45) is 4.28. The standard InChI is InChI=1S/C14H24N2O4/c1-9(8-13(18)19)7-12(17)16-14(20)15-11-6-4-3-5-10(11)2/h9-11H,3-8H2,1-2H3,(H,18,19)(H2,15,16,17,20). The zero-order chi connectivity index (χ0) is 15.1. The fourth-order valence-corrected chi connectivity index (χ4v) is 2.60. The molecule has 0 bridgehead atoms. The van der Waals surface area contributed by atoms with E-state index in [0.29, 0.717) is 5.92 Å². The largest absolute Gasteiger partial charge is 0.481 e. The average Bonchev–Trinajstić information content (AvgIpc) is 2.30. The SMILES string of the molecule is CC(CC(=O)O)CC(=O)NC(=O)NC1CCCCC1C. The second-order valence-electron chi connectivity index (χ2n) is 5.80. The van der Waals surface area contributed by atoms with Crippen molar-refractivity contribution < 1.29 is 19.5 Å². The molecule has 114 valence electrons. The first-order valence-electron chi connectivity index (χ1n) is 7.20. The van der Waals surface area contributed by atoms with Crippen molar-refractivity contribution in [3.63, 3.8) is 0 Å². The van der Waals surface area contributed by atoms with Crippen LogP contribution < -0.4 is 10.6 Å². The van der Waals surface area contributed by atoms with Crippen molar-refractivity contribution in [3.8, 4) is 0 Å². The molecule has 3 unspecified atom stereocenters. The lowest BCUT2D eigenvalue weighted by Gasteiger charge is -2.29. The number of imide groups is 1. The first-order valence-corrected chi connectivity index (χ1v) is 7.20. The van der Waals surface area contributed by atoms with Gasteiger partial charge in [0.05, 0.1) is 0 Å². The van der Waals surface area contributed by atoms with Gasteiger partial charge in [-0.2, -0.15) is 0 Å². The zero-order valence-corrected chi connectivity index (χ0v) is 12.1. The lowest BCUT2D eigenvalue weighted by molar-refractivity contribution is -0.138. The van der Waals surface area contributed by atoms with Crippen LogP contribution >= 0.6 is 0 Å². The van der Waals surface area contributed by atoms with Crippen LogP contribution in [0, 0.1) is 11.8 Å². The van der Waals surface area contributed by atoms with Gasteiger partial charge >= 0.3 is 12.0 Å². The number of urea groups is 1. The van der Waals surface area contributed by atoms with Gasteiger partial charge in [-0.1, -0.05) is 26.7 Å². The number of amides is 3. The van der Waals surface area contributed by atoms with Crippen molar-refractivity contribution in [2.24, 2.45) is 11.8 Å². The maximum absolute atomic E-state index is 11.7. The predicted octanol–water partition coefficient (Wildman–Crippen LogP) is 1.89. The molecular formula is C14H24N2O4. The molecule has 1 saturated carbocycles. The zero-order valence-electron chi connectivity index (χ0n) is 12.1. The number of nitrogens with one attached hydrogen (secondary N) is 2. The molecule has 1 aliphatic rings. The second-order valence-corrected chi connectivity index (χ2v) is 5.80. The summed E-state index contributed by atoms with van der Waals surface area (Å²) in [6.45, 7) is 3.77. The summed E-state index contributed by atoms with van der Waals surface area (Å²) < 4.78 is 0. The van der Waals surface area contributed by atoms with Crippen LogP contribution in [-0.4, -0.2) is 29.1 Å². The number of carboxylic acid groups (broad SMARTS) is 1. The summed E-state index contributed by atoms with van der Waals surface area (Å²) in [5.74, 6) is -1.23. The first-order chi connectivity index (χ1) is 9.38. The lowest BCUT2D eigenvalue weighted by Crippen LogP contribution is -2.48. The third-order valence-electron chi connectivity index (χ3n) is 3.74. The topological polar surface area (TPSA) is 95.5 Å². The predicted molar refractivity (Wildman–Crippen MR) is 74.1 cm³/mol. The van der Waals surface area contributed by atoms with Gasteiger partial charge in [0.15, 0.2) is 0 Å². The molecule has 20 heavy (non-hydrogen) atoms. The second kappa shape index (κ2) is 7.87. The van der Waals surface area contributed by atoms with Crippen molar-refractivity contribution in [2.75, 3.05) is 0 Å². The molecule has 3 N–H and O–H groups in total. The Kier molecular flexibility index (Phi) is 6.48. The summed E-state index contributed by atoms with van der Waals surface area (Å²) in [6, 6.07) is -0.357. The summed E-state index contributed by atoms with van der Waals surface area (Å²) in [5.41, 5.74) is 0. The molecule has 0 spiro atoms. The van der Waals surface area contributed by atoms with Gasteiger partial charge in [-0.05, 0) is 24.7 Å². The van der Waals surface area contributed by atoms with Gasteiger partial charge in [-0.15, -0.1) is 0 Å². The van der Waals surface area contributed by atoms with Gasteiger partial charge in [0.25, 0.3) is 0 Å². The van der Waals surface area contributed by atoms with Crippen LogP contribution in [0.25, 0.3) is 0 Å². The Bertz CT molecular complexity index is 370. The van der Waals surface area contributed by atoms with E-state index in [9.17, 15) is 14.4 Å². The van der Waals surface area contributed by atoms with Crippen LogP contribution in [0.1, 0.15) is 52.4 Å². The molecule has 1 fully saturated rings. The molecular weight excluding hydrogens is 260 g/mol. The molecule has 1 rings (SSSR count). The van der Waals surface area contributed by atoms with E-state index >= 15 is 0 Å². The number of hydrogen-bond donors (Lipinski definition) is 3. The number of carbonyl (C=O) groups excluding carboxylic acids is 2. The molecule has 6 nitrogen and oxygen atoms in total. The van der Waals surface area contributed by atoms with Crippen LogP contribution in [0.15, 0.2) is 0 Å². The number of rotatable bonds is 5. The van der Waals surface area contributed by atoms with E-state index in [4.69, 9.17) is 5.11 Å². The minimum absolute atomic E-state index is 0.0416. The molecule has 0 aliphatic heterocycles. The Morgan fingerprint density at radius 2 is 1.85 bits per heavy atom. The van der Waals surface area contributed by atoms with Gasteiger partial charge < -0.3 is 10.4 Å². The van der Waals surface area contributed by atoms with E-state index in [1.54, 1.807) is 6.92 Å². The van der Waals surface area contributed by atoms with Crippen molar-refractivity contribution >= 4 is 17.9 Å². The highest BCUT2D eigenvalue weighted by molar-refractivity contribution is 5.94. The molecule has 0 saturated heterocycles. The molecule has 3 atom stereocenters. The van der Waals surface area contributed by atoms with Crippen LogP contribution in [0.4, 0.5) is 4.79 Å². The fourth-order valence-electron chi connectivity index (χ4n) is 2.60. The van der Waals surface area contributed by atoms with Crippen LogP contribution in [-0.2, 0) is 9.59 Å². The quantitative estimate of drug-likeness (QED) is 0.718. The number of aliphatic carboxylic acids is 1. The highest BCUT2D eigenvalue weighted by Crippen LogP contribution is 2.23. The van der Waals surface area contributed by atoms with Crippen LogP contribution in [0.3, 0.4) is 0 Å². The van der Waals surface area contributed by atoms with E-state index in [-0.39, 0.29) is 24.8 Å². The van der Waals surface area contributed by atoms with Crippen molar-refractivity contribution in [1.29, 1.82) is 0 Å². The lowest BCUT2D eigenvalue weighted by atomic mass is 9.86. The summed E-state index contributed by atoms with van der Waals surface area (Å²) in [7, 11) is 0. The molecule has 0 heterocycles. The van der Waals surface area contributed by atoms with Gasteiger partial charge in [-0.25, -0.2) is 4.79 Å². The maximum atomic E-state index is 11.7. The molecule has 0 aromatic rings. The highest BCUT2D eigenvalue weighted by atomic mass is 16.4. The Morgan fingerprint density at radius 3 is 2.45 bits per heavy atom. The molecule has 1 aliphatic carbocycles. The van der Waals surface area contributed by atoms with E-state index < -0.39 is 17.9 Å². The number of hydrogen-bond acceptors (Lipinski definition) is 3. The third-order valence-corrected chi connectivity index (χ3v) is 3.74. The van der Waals surface area contributed by atoms with E-state index in [1.165, 1.54) is 6.42 Å². The van der Waals surface area contributed by atoms with Crippen LogP contribution in [0.2, 0.25) is 0 Å². The summed E-state index contributed by atoms with van der Waals surface area (Å²) >= 11 is 0. The molecule has 0 aromatic heterocycles. The summed E-state index contributed by atoms with van der Waals surface area (Å²) in [5, 5.41) is 13.7. The number of carboxylic acids is 1. The molecule has 3 amide bonds. The Morgan fingerprint density at radius 1 is 1.20 bits per heavy atom. The monoisotopic (exact) mass is 284 g/mol. The van der Waals surface area contributed by atoms with Crippen molar-refractivity contribution in [1.82, 2.24) is 10.6 Å². The first kappa shape index (κ1) is 16.5. The van der Waals surface area contributed by atoms with Gasteiger partial charge in [0.1, 0.15) is 0 Å². The summed E-state index contributed by atoms with van der Waals surface area (Å²) in [4.78, 5) is 33.8. The van der Waals surface area contributed by atoms with E-state index in [0.717, 1.165) is 19.3 Å². The molecule has 0 aromatic carbocycles. The normalized spacial score (nSPS) is 23.7. The van der Waals surface area contributed by atoms with Gasteiger partial charge in [-0.3, -0.25) is 14.9 Å². The minimum Gasteiger partial charge on any atom is -0.481 e. The Labute approximate surface area is 119 Å². The highest BCUT2D eigenvalue weighted by Gasteiger charge is 2.23. The van der Waals surface area contributed by atoms with E-state index in [1.807, 2.05) is 0 Å². The van der Waals surface area contributed by atoms with Gasteiger partial charge in [0, 0.05) is 18.9 Å². The average molecular weight is 284 g/mol. The smallest absolute Gasteiger partial charge is 0.321 e. The van der Waals surface area contributed by atoms with E-state index in [2.05, 4.69) is 17.6 Å². The van der Waals surface area contributed by atoms with Gasteiger partial charge in [0.2, 0.25) is 5.91 Å². The Hall–Kier alpha value is -1.59. The third kappa shape index (κ3) is 6.04. The minimum atomic E-state index is -0.939. The van der Waals surface area contributed by atoms with Crippen LogP contribution in [0.5, 0.6) is 0 Å². The molecule has 6 heteroatoms. The molecule has 0 radical (unpaired) electrons.